The molecule has 1 aromatic carbocycles. The Morgan fingerprint density at radius 1 is 1.35 bits per heavy atom. The zero-order valence-electron chi connectivity index (χ0n) is 10.9. The van der Waals surface area contributed by atoms with Gasteiger partial charge in [0.05, 0.1) is 5.56 Å². The zero-order chi connectivity index (χ0) is 15.3. The SMILES string of the molecule is CNC(=O)NC(=O)C(C)OC(=O)c1cc(Br)ccc1N. The molecule has 1 rings (SSSR count). The lowest BCUT2D eigenvalue weighted by atomic mass is 10.2. The van der Waals surface area contributed by atoms with Crippen molar-refractivity contribution in [2.75, 3.05) is 12.8 Å². The van der Waals surface area contributed by atoms with Crippen LogP contribution < -0.4 is 16.4 Å². The number of urea groups is 1. The molecule has 4 N–H and O–H groups in total. The van der Waals surface area contributed by atoms with Crippen molar-refractivity contribution in [1.29, 1.82) is 0 Å². The van der Waals surface area contributed by atoms with Crippen molar-refractivity contribution in [2.24, 2.45) is 0 Å². The Balaban J connectivity index is 2.72. The number of nitrogens with two attached hydrogens (primary N) is 1. The fourth-order valence-electron chi connectivity index (χ4n) is 1.26. The molecule has 0 fully saturated rings. The Kier molecular flexibility index (Phi) is 5.51. The minimum atomic E-state index is -1.13. The van der Waals surface area contributed by atoms with Crippen LogP contribution in [0.1, 0.15) is 17.3 Å². The Bertz CT molecular complexity index is 548. The van der Waals surface area contributed by atoms with E-state index in [1.54, 1.807) is 6.07 Å². The van der Waals surface area contributed by atoms with Crippen LogP contribution in [0.3, 0.4) is 0 Å². The predicted molar refractivity (Wildman–Crippen MR) is 76.0 cm³/mol. The standard InChI is InChI=1S/C12H14BrN3O4/c1-6(10(17)16-12(19)15-2)20-11(18)8-5-7(13)3-4-9(8)14/h3-6H,14H2,1-2H3,(H2,15,16,17,19). The van der Waals surface area contributed by atoms with Gasteiger partial charge in [0.15, 0.2) is 6.10 Å². The maximum absolute atomic E-state index is 11.9. The summed E-state index contributed by atoms with van der Waals surface area (Å²) in [7, 11) is 1.36. The van der Waals surface area contributed by atoms with E-state index in [0.717, 1.165) is 0 Å². The van der Waals surface area contributed by atoms with Gasteiger partial charge in [-0.25, -0.2) is 9.59 Å². The number of esters is 1. The van der Waals surface area contributed by atoms with Crippen molar-refractivity contribution in [3.63, 3.8) is 0 Å². The zero-order valence-corrected chi connectivity index (χ0v) is 12.5. The van der Waals surface area contributed by atoms with Gasteiger partial charge in [0.25, 0.3) is 5.91 Å². The van der Waals surface area contributed by atoms with E-state index in [-0.39, 0.29) is 11.3 Å². The van der Waals surface area contributed by atoms with Gasteiger partial charge in [-0.15, -0.1) is 0 Å². The molecule has 108 valence electrons. The van der Waals surface area contributed by atoms with Crippen molar-refractivity contribution < 1.29 is 19.1 Å². The number of nitrogen functional groups attached to an aromatic ring is 1. The number of anilines is 1. The van der Waals surface area contributed by atoms with Crippen LogP contribution in [-0.4, -0.2) is 31.1 Å². The summed E-state index contributed by atoms with van der Waals surface area (Å²) in [5, 5.41) is 4.22. The number of ether oxygens (including phenoxy) is 1. The molecule has 0 aromatic heterocycles. The summed E-state index contributed by atoms with van der Waals surface area (Å²) in [5.41, 5.74) is 6.03. The maximum Gasteiger partial charge on any atom is 0.341 e. The summed E-state index contributed by atoms with van der Waals surface area (Å²) >= 11 is 3.21. The Hall–Kier alpha value is -2.09. The minimum Gasteiger partial charge on any atom is -0.449 e. The average Bonchev–Trinajstić information content (AvgIpc) is 2.40. The van der Waals surface area contributed by atoms with Crippen molar-refractivity contribution in [1.82, 2.24) is 10.6 Å². The highest BCUT2D eigenvalue weighted by atomic mass is 79.9. The number of benzene rings is 1. The molecule has 7 nitrogen and oxygen atoms in total. The van der Waals surface area contributed by atoms with Gasteiger partial charge in [0.1, 0.15) is 0 Å². The van der Waals surface area contributed by atoms with E-state index in [1.165, 1.54) is 26.1 Å². The third-order valence-corrected chi connectivity index (χ3v) is 2.85. The van der Waals surface area contributed by atoms with E-state index < -0.39 is 24.0 Å². The molecular weight excluding hydrogens is 330 g/mol. The monoisotopic (exact) mass is 343 g/mol. The molecule has 0 saturated carbocycles. The van der Waals surface area contributed by atoms with Crippen molar-refractivity contribution in [3.05, 3.63) is 28.2 Å². The number of hydrogen-bond donors (Lipinski definition) is 3. The lowest BCUT2D eigenvalue weighted by Gasteiger charge is -2.13. The van der Waals surface area contributed by atoms with Gasteiger partial charge in [-0.2, -0.15) is 0 Å². The molecule has 0 heterocycles. The molecule has 1 atom stereocenters. The van der Waals surface area contributed by atoms with Gasteiger partial charge < -0.3 is 15.8 Å². The molecule has 3 amide bonds. The number of carbonyl (C=O) groups excluding carboxylic acids is 3. The Labute approximate surface area is 124 Å². The van der Waals surface area contributed by atoms with Crippen LogP contribution in [0, 0.1) is 0 Å². The van der Waals surface area contributed by atoms with Crippen LogP contribution in [0.4, 0.5) is 10.5 Å². The van der Waals surface area contributed by atoms with Gasteiger partial charge in [-0.3, -0.25) is 10.1 Å². The van der Waals surface area contributed by atoms with Crippen LogP contribution in [0.15, 0.2) is 22.7 Å². The fourth-order valence-corrected chi connectivity index (χ4v) is 1.62. The first kappa shape index (κ1) is 16.0. The van der Waals surface area contributed by atoms with Crippen LogP contribution in [0.2, 0.25) is 0 Å². The Morgan fingerprint density at radius 2 is 2.00 bits per heavy atom. The quantitative estimate of drug-likeness (QED) is 0.560. The molecule has 0 saturated heterocycles. The van der Waals surface area contributed by atoms with E-state index in [9.17, 15) is 14.4 Å². The smallest absolute Gasteiger partial charge is 0.341 e. The second-order valence-electron chi connectivity index (χ2n) is 3.85. The normalized spacial score (nSPS) is 11.3. The molecule has 1 unspecified atom stereocenters. The molecule has 0 bridgehead atoms. The largest absolute Gasteiger partial charge is 0.449 e. The van der Waals surface area contributed by atoms with Gasteiger partial charge in [0.2, 0.25) is 0 Å². The summed E-state index contributed by atoms with van der Waals surface area (Å²) in [6.45, 7) is 1.35. The van der Waals surface area contributed by atoms with E-state index in [1.807, 2.05) is 5.32 Å². The second-order valence-corrected chi connectivity index (χ2v) is 4.76. The molecule has 20 heavy (non-hydrogen) atoms. The summed E-state index contributed by atoms with van der Waals surface area (Å²) in [4.78, 5) is 34.4. The van der Waals surface area contributed by atoms with Crippen LogP contribution in [0.5, 0.6) is 0 Å². The molecule has 0 aliphatic rings. The molecule has 1 aromatic rings. The molecule has 0 radical (unpaired) electrons. The van der Waals surface area contributed by atoms with Gasteiger partial charge in [-0.1, -0.05) is 15.9 Å². The van der Waals surface area contributed by atoms with Crippen LogP contribution >= 0.6 is 15.9 Å². The van der Waals surface area contributed by atoms with Crippen LogP contribution in [0.25, 0.3) is 0 Å². The summed E-state index contributed by atoms with van der Waals surface area (Å²) in [6, 6.07) is 4.02. The first-order chi connectivity index (χ1) is 9.35. The average molecular weight is 344 g/mol. The molecular formula is C12H14BrN3O4. The van der Waals surface area contributed by atoms with E-state index >= 15 is 0 Å². The number of nitrogens with one attached hydrogen (secondary N) is 2. The number of hydrogen-bond acceptors (Lipinski definition) is 5. The van der Waals surface area contributed by atoms with Gasteiger partial charge >= 0.3 is 12.0 Å². The first-order valence-corrected chi connectivity index (χ1v) is 6.43. The summed E-state index contributed by atoms with van der Waals surface area (Å²) in [6.07, 6.45) is -1.13. The number of rotatable bonds is 3. The molecule has 0 aliphatic carbocycles. The lowest BCUT2D eigenvalue weighted by Crippen LogP contribution is -2.43. The maximum atomic E-state index is 11.9. The third-order valence-electron chi connectivity index (χ3n) is 2.35. The van der Waals surface area contributed by atoms with Crippen molar-refractivity contribution in [2.45, 2.75) is 13.0 Å². The topological polar surface area (TPSA) is 111 Å². The van der Waals surface area contributed by atoms with Gasteiger partial charge in [-0.05, 0) is 25.1 Å². The first-order valence-electron chi connectivity index (χ1n) is 5.63. The van der Waals surface area contributed by atoms with E-state index in [2.05, 4.69) is 21.2 Å². The third kappa shape index (κ3) is 4.23. The number of imide groups is 1. The second kappa shape index (κ2) is 6.90. The Morgan fingerprint density at radius 3 is 2.60 bits per heavy atom. The highest BCUT2D eigenvalue weighted by molar-refractivity contribution is 9.10. The highest BCUT2D eigenvalue weighted by Gasteiger charge is 2.21. The van der Waals surface area contributed by atoms with E-state index in [0.29, 0.717) is 4.47 Å². The van der Waals surface area contributed by atoms with Crippen LogP contribution in [-0.2, 0) is 9.53 Å². The fraction of sp³-hybridized carbons (Fsp3) is 0.250. The summed E-state index contributed by atoms with van der Waals surface area (Å²) < 4.78 is 5.60. The van der Waals surface area contributed by atoms with Crippen molar-refractivity contribution >= 4 is 39.5 Å². The molecule has 0 spiro atoms. The van der Waals surface area contributed by atoms with E-state index in [4.69, 9.17) is 10.5 Å². The van der Waals surface area contributed by atoms with Crippen molar-refractivity contribution in [3.8, 4) is 0 Å². The number of amides is 3. The predicted octanol–water partition coefficient (Wildman–Crippen LogP) is 1.03. The minimum absolute atomic E-state index is 0.138. The summed E-state index contributed by atoms with van der Waals surface area (Å²) in [5.74, 6) is -1.48. The number of halogens is 1. The van der Waals surface area contributed by atoms with Gasteiger partial charge in [0, 0.05) is 17.2 Å². The molecule has 0 aliphatic heterocycles. The lowest BCUT2D eigenvalue weighted by molar-refractivity contribution is -0.127. The molecule has 8 heteroatoms. The number of carbonyl (C=O) groups is 3. The highest BCUT2D eigenvalue weighted by Crippen LogP contribution is 2.19.